The number of alkyl halides is 3. The van der Waals surface area contributed by atoms with Crippen LogP contribution in [0.4, 0.5) is 13.2 Å². The zero-order valence-electron chi connectivity index (χ0n) is 8.35. The van der Waals surface area contributed by atoms with Gasteiger partial charge >= 0.3 is 6.18 Å². The van der Waals surface area contributed by atoms with Gasteiger partial charge < -0.3 is 4.98 Å². The lowest BCUT2D eigenvalue weighted by Gasteiger charge is -2.00. The summed E-state index contributed by atoms with van der Waals surface area (Å²) in [6.45, 7) is 1.37. The van der Waals surface area contributed by atoms with Crippen LogP contribution in [0.3, 0.4) is 0 Å². The molecule has 0 radical (unpaired) electrons. The Bertz CT molecular complexity index is 554. The first kappa shape index (κ1) is 10.7. The number of carbonyl (C=O) groups excluding carboxylic acids is 1. The monoisotopic (exact) mass is 227 g/mol. The van der Waals surface area contributed by atoms with Crippen molar-refractivity contribution in [3.8, 4) is 0 Å². The van der Waals surface area contributed by atoms with Gasteiger partial charge in [0.2, 0.25) is 0 Å². The van der Waals surface area contributed by atoms with Gasteiger partial charge in [-0.2, -0.15) is 13.2 Å². The standard InChI is InChI=1S/C11H8F3NO/c1-6(16)7-2-3-9-8(4-7)5-10(15-9)11(12,13)14/h2-5,15H,1H3. The minimum Gasteiger partial charge on any atom is -0.351 e. The number of aromatic amines is 1. The Morgan fingerprint density at radius 1 is 1.25 bits per heavy atom. The van der Waals surface area contributed by atoms with Crippen molar-refractivity contribution < 1.29 is 18.0 Å². The summed E-state index contributed by atoms with van der Waals surface area (Å²) in [4.78, 5) is 13.3. The SMILES string of the molecule is CC(=O)c1ccc2[nH]c(C(F)(F)F)cc2c1. The van der Waals surface area contributed by atoms with E-state index in [-0.39, 0.29) is 5.78 Å². The normalized spacial score (nSPS) is 12.0. The summed E-state index contributed by atoms with van der Waals surface area (Å²) >= 11 is 0. The predicted molar refractivity (Wildman–Crippen MR) is 53.3 cm³/mol. The number of Topliss-reactive ketones (excluding diaryl/α,β-unsaturated/α-hetero) is 1. The molecular formula is C11H8F3NO. The van der Waals surface area contributed by atoms with Crippen molar-refractivity contribution >= 4 is 16.7 Å². The van der Waals surface area contributed by atoms with E-state index in [0.29, 0.717) is 16.5 Å². The van der Waals surface area contributed by atoms with Gasteiger partial charge in [0.1, 0.15) is 5.69 Å². The van der Waals surface area contributed by atoms with Crippen LogP contribution in [-0.2, 0) is 6.18 Å². The number of halogens is 3. The first-order chi connectivity index (χ1) is 7.38. The average molecular weight is 227 g/mol. The van der Waals surface area contributed by atoms with Gasteiger partial charge in [0.25, 0.3) is 0 Å². The van der Waals surface area contributed by atoms with Crippen LogP contribution in [-0.4, -0.2) is 10.8 Å². The molecule has 0 bridgehead atoms. The van der Waals surface area contributed by atoms with Crippen molar-refractivity contribution in [1.82, 2.24) is 4.98 Å². The highest BCUT2D eigenvalue weighted by Gasteiger charge is 2.32. The summed E-state index contributed by atoms with van der Waals surface area (Å²) in [5, 5.41) is 0.389. The van der Waals surface area contributed by atoms with Crippen molar-refractivity contribution in [2.24, 2.45) is 0 Å². The number of carbonyl (C=O) groups is 1. The lowest BCUT2D eigenvalue weighted by Crippen LogP contribution is -2.04. The molecule has 0 amide bonds. The Kier molecular flexibility index (Phi) is 2.26. The number of hydrogen-bond donors (Lipinski definition) is 1. The van der Waals surface area contributed by atoms with Crippen LogP contribution in [0, 0.1) is 0 Å². The van der Waals surface area contributed by atoms with Gasteiger partial charge in [-0.15, -0.1) is 0 Å². The third kappa shape index (κ3) is 1.80. The third-order valence-electron chi connectivity index (χ3n) is 2.33. The zero-order valence-corrected chi connectivity index (χ0v) is 8.35. The first-order valence-electron chi connectivity index (χ1n) is 4.59. The Morgan fingerprint density at radius 3 is 2.50 bits per heavy atom. The van der Waals surface area contributed by atoms with Gasteiger partial charge in [0.15, 0.2) is 5.78 Å². The van der Waals surface area contributed by atoms with Crippen molar-refractivity contribution in [3.63, 3.8) is 0 Å². The molecule has 0 aliphatic rings. The van der Waals surface area contributed by atoms with Crippen molar-refractivity contribution in [3.05, 3.63) is 35.5 Å². The molecule has 0 unspecified atom stereocenters. The number of H-pyrrole nitrogens is 1. The molecule has 1 heterocycles. The topological polar surface area (TPSA) is 32.9 Å². The van der Waals surface area contributed by atoms with Crippen LogP contribution < -0.4 is 0 Å². The smallest absolute Gasteiger partial charge is 0.351 e. The second-order valence-corrected chi connectivity index (χ2v) is 3.54. The molecule has 0 saturated heterocycles. The van der Waals surface area contributed by atoms with Gasteiger partial charge in [-0.25, -0.2) is 0 Å². The molecule has 0 atom stereocenters. The van der Waals surface area contributed by atoms with E-state index in [4.69, 9.17) is 0 Å². The zero-order chi connectivity index (χ0) is 11.9. The minimum atomic E-state index is -4.39. The van der Waals surface area contributed by atoms with Crippen molar-refractivity contribution in [2.45, 2.75) is 13.1 Å². The number of aromatic nitrogens is 1. The fraction of sp³-hybridized carbons (Fsp3) is 0.182. The molecule has 84 valence electrons. The molecule has 1 aromatic carbocycles. The van der Waals surface area contributed by atoms with Crippen molar-refractivity contribution in [2.75, 3.05) is 0 Å². The van der Waals surface area contributed by atoms with Crippen LogP contribution in [0.2, 0.25) is 0 Å². The summed E-state index contributed by atoms with van der Waals surface area (Å²) < 4.78 is 37.2. The molecule has 1 aromatic heterocycles. The number of hydrogen-bond acceptors (Lipinski definition) is 1. The van der Waals surface area contributed by atoms with E-state index < -0.39 is 11.9 Å². The Morgan fingerprint density at radius 2 is 1.94 bits per heavy atom. The molecular weight excluding hydrogens is 219 g/mol. The van der Waals surface area contributed by atoms with E-state index in [0.717, 1.165) is 6.07 Å². The molecule has 0 saturated carbocycles. The van der Waals surface area contributed by atoms with E-state index in [1.165, 1.54) is 25.1 Å². The van der Waals surface area contributed by atoms with Gasteiger partial charge in [-0.1, -0.05) is 0 Å². The highest BCUT2D eigenvalue weighted by molar-refractivity contribution is 5.98. The maximum Gasteiger partial charge on any atom is 0.431 e. The fourth-order valence-corrected chi connectivity index (χ4v) is 1.50. The average Bonchev–Trinajstić information content (AvgIpc) is 2.58. The fourth-order valence-electron chi connectivity index (χ4n) is 1.50. The van der Waals surface area contributed by atoms with Crippen molar-refractivity contribution in [1.29, 1.82) is 0 Å². The van der Waals surface area contributed by atoms with Gasteiger partial charge in [-0.3, -0.25) is 4.79 Å². The second kappa shape index (κ2) is 3.37. The largest absolute Gasteiger partial charge is 0.431 e. The van der Waals surface area contributed by atoms with Gasteiger partial charge in [0, 0.05) is 16.5 Å². The Labute approximate surface area is 89.1 Å². The summed E-state index contributed by atoms with van der Waals surface area (Å²) in [7, 11) is 0. The molecule has 0 spiro atoms. The molecule has 0 aliphatic carbocycles. The number of benzene rings is 1. The molecule has 0 aliphatic heterocycles. The predicted octanol–water partition coefficient (Wildman–Crippen LogP) is 3.39. The quantitative estimate of drug-likeness (QED) is 0.744. The third-order valence-corrected chi connectivity index (χ3v) is 2.33. The highest BCUT2D eigenvalue weighted by atomic mass is 19.4. The van der Waals surface area contributed by atoms with Crippen LogP contribution in [0.5, 0.6) is 0 Å². The minimum absolute atomic E-state index is 0.170. The van der Waals surface area contributed by atoms with E-state index in [9.17, 15) is 18.0 Å². The van der Waals surface area contributed by atoms with Crippen LogP contribution in [0.15, 0.2) is 24.3 Å². The summed E-state index contributed by atoms with van der Waals surface area (Å²) in [5.41, 5.74) is -0.0271. The number of rotatable bonds is 1. The maximum atomic E-state index is 12.4. The van der Waals surface area contributed by atoms with E-state index >= 15 is 0 Å². The van der Waals surface area contributed by atoms with E-state index in [1.54, 1.807) is 0 Å². The van der Waals surface area contributed by atoms with Crippen LogP contribution in [0.1, 0.15) is 23.0 Å². The molecule has 0 fully saturated rings. The molecule has 2 nitrogen and oxygen atoms in total. The lowest BCUT2D eigenvalue weighted by molar-refractivity contribution is -0.140. The summed E-state index contributed by atoms with van der Waals surface area (Å²) in [6, 6.07) is 5.42. The Hall–Kier alpha value is -1.78. The molecule has 5 heteroatoms. The maximum absolute atomic E-state index is 12.4. The second-order valence-electron chi connectivity index (χ2n) is 3.54. The number of ketones is 1. The molecule has 1 N–H and O–H groups in total. The molecule has 16 heavy (non-hydrogen) atoms. The highest BCUT2D eigenvalue weighted by Crippen LogP contribution is 2.31. The van der Waals surface area contributed by atoms with Crippen LogP contribution in [0.25, 0.3) is 10.9 Å². The summed E-state index contributed by atoms with van der Waals surface area (Å²) in [5.74, 6) is -0.170. The van der Waals surface area contributed by atoms with Gasteiger partial charge in [-0.05, 0) is 31.2 Å². The van der Waals surface area contributed by atoms with Gasteiger partial charge in [0.05, 0.1) is 0 Å². The number of fused-ring (bicyclic) bond motifs is 1. The summed E-state index contributed by atoms with van der Waals surface area (Å²) in [6.07, 6.45) is -4.39. The molecule has 2 aromatic rings. The van der Waals surface area contributed by atoms with Crippen LogP contribution >= 0.6 is 0 Å². The van der Waals surface area contributed by atoms with E-state index in [1.807, 2.05) is 0 Å². The molecule has 2 rings (SSSR count). The lowest BCUT2D eigenvalue weighted by atomic mass is 10.1. The Balaban J connectivity index is 2.59. The number of nitrogens with one attached hydrogen (secondary N) is 1. The van der Waals surface area contributed by atoms with E-state index in [2.05, 4.69) is 4.98 Å². The first-order valence-corrected chi connectivity index (χ1v) is 4.59.